The van der Waals surface area contributed by atoms with Gasteiger partial charge in [0.1, 0.15) is 0 Å². The van der Waals surface area contributed by atoms with E-state index >= 15 is 0 Å². The van der Waals surface area contributed by atoms with Gasteiger partial charge in [0.2, 0.25) is 11.8 Å². The molecule has 2 amide bonds. The predicted octanol–water partition coefficient (Wildman–Crippen LogP) is 4.35. The molecule has 2 rings (SSSR count). The minimum atomic E-state index is -0.371. The van der Waals surface area contributed by atoms with E-state index < -0.39 is 0 Å². The number of hydrogen-bond acceptors (Lipinski definition) is 3. The predicted molar refractivity (Wildman–Crippen MR) is 102 cm³/mol. The summed E-state index contributed by atoms with van der Waals surface area (Å²) in [5, 5.41) is 5.71. The molecule has 2 aromatic carbocycles. The number of halogens is 1. The Hall–Kier alpha value is -1.98. The van der Waals surface area contributed by atoms with Crippen molar-refractivity contribution in [3.8, 4) is 0 Å². The lowest BCUT2D eigenvalue weighted by Gasteiger charge is -2.13. The minimum Gasteiger partial charge on any atom is -0.325 e. The van der Waals surface area contributed by atoms with Crippen LogP contribution in [-0.2, 0) is 9.59 Å². The second kappa shape index (κ2) is 8.76. The fourth-order valence-corrected chi connectivity index (χ4v) is 2.86. The Bertz CT molecular complexity index is 736. The van der Waals surface area contributed by atoms with Gasteiger partial charge in [-0.25, -0.2) is 0 Å². The molecule has 2 aromatic rings. The highest BCUT2D eigenvalue weighted by molar-refractivity contribution is 8.01. The van der Waals surface area contributed by atoms with Crippen LogP contribution in [0.15, 0.2) is 48.5 Å². The summed E-state index contributed by atoms with van der Waals surface area (Å²) in [5.74, 6) is -0.120. The maximum absolute atomic E-state index is 12.2. The maximum Gasteiger partial charge on any atom is 0.237 e. The standard InChI is InChI=1S/C18H19ClN2O2S/c1-12-6-5-7-14(10-12)20-17(22)11-24-13(2)18(23)21-16-9-4-3-8-15(16)19/h3-10,13H,11H2,1-2H3,(H,20,22)(H,21,23)/t13-/m1/s1. The number of anilines is 2. The largest absolute Gasteiger partial charge is 0.325 e. The molecule has 126 valence electrons. The quantitative estimate of drug-likeness (QED) is 0.803. The molecule has 24 heavy (non-hydrogen) atoms. The second-order valence-electron chi connectivity index (χ2n) is 5.34. The van der Waals surface area contributed by atoms with Gasteiger partial charge in [-0.15, -0.1) is 11.8 Å². The van der Waals surface area contributed by atoms with Crippen molar-refractivity contribution < 1.29 is 9.59 Å². The van der Waals surface area contributed by atoms with Crippen molar-refractivity contribution in [3.05, 3.63) is 59.1 Å². The smallest absolute Gasteiger partial charge is 0.237 e. The van der Waals surface area contributed by atoms with Crippen LogP contribution in [0.3, 0.4) is 0 Å². The summed E-state index contributed by atoms with van der Waals surface area (Å²) in [6, 6.07) is 14.6. The Labute approximate surface area is 151 Å². The van der Waals surface area contributed by atoms with Gasteiger partial charge in [0.05, 0.1) is 21.7 Å². The summed E-state index contributed by atoms with van der Waals surface area (Å²) in [6.45, 7) is 3.72. The molecule has 0 aromatic heterocycles. The highest BCUT2D eigenvalue weighted by atomic mass is 35.5. The molecule has 0 saturated heterocycles. The van der Waals surface area contributed by atoms with Gasteiger partial charge in [-0.05, 0) is 43.7 Å². The van der Waals surface area contributed by atoms with Crippen LogP contribution in [0.4, 0.5) is 11.4 Å². The average Bonchev–Trinajstić information content (AvgIpc) is 2.54. The molecule has 0 aliphatic heterocycles. The SMILES string of the molecule is Cc1cccc(NC(=O)CS[C@H](C)C(=O)Nc2ccccc2Cl)c1. The Morgan fingerprint density at radius 2 is 1.88 bits per heavy atom. The molecule has 0 aliphatic carbocycles. The van der Waals surface area contributed by atoms with Crippen LogP contribution in [-0.4, -0.2) is 22.8 Å². The van der Waals surface area contributed by atoms with Crippen molar-refractivity contribution in [2.24, 2.45) is 0 Å². The fourth-order valence-electron chi connectivity index (χ4n) is 1.99. The van der Waals surface area contributed by atoms with Crippen molar-refractivity contribution in [3.63, 3.8) is 0 Å². The molecule has 0 spiro atoms. The fraction of sp³-hybridized carbons (Fsp3) is 0.222. The van der Waals surface area contributed by atoms with Crippen LogP contribution >= 0.6 is 23.4 Å². The number of rotatable bonds is 6. The summed E-state index contributed by atoms with van der Waals surface area (Å²) >= 11 is 7.29. The molecule has 0 aliphatic rings. The van der Waals surface area contributed by atoms with Crippen LogP contribution < -0.4 is 10.6 Å². The summed E-state index contributed by atoms with van der Waals surface area (Å²) in [7, 11) is 0. The van der Waals surface area contributed by atoms with Gasteiger partial charge in [-0.2, -0.15) is 0 Å². The molecule has 0 radical (unpaired) electrons. The normalized spacial score (nSPS) is 11.6. The summed E-state index contributed by atoms with van der Waals surface area (Å²) < 4.78 is 0. The van der Waals surface area contributed by atoms with E-state index in [9.17, 15) is 9.59 Å². The number of carbonyl (C=O) groups is 2. The molecule has 4 nitrogen and oxygen atoms in total. The Balaban J connectivity index is 1.81. The van der Waals surface area contributed by atoms with Crippen molar-refractivity contribution in [1.29, 1.82) is 0 Å². The van der Waals surface area contributed by atoms with E-state index in [1.807, 2.05) is 31.2 Å². The van der Waals surface area contributed by atoms with Crippen LogP contribution in [0.25, 0.3) is 0 Å². The highest BCUT2D eigenvalue weighted by Gasteiger charge is 2.16. The molecule has 6 heteroatoms. The first-order valence-corrected chi connectivity index (χ1v) is 8.92. The van der Waals surface area contributed by atoms with Crippen molar-refractivity contribution in [2.75, 3.05) is 16.4 Å². The van der Waals surface area contributed by atoms with E-state index in [1.165, 1.54) is 11.8 Å². The minimum absolute atomic E-state index is 0.136. The molecule has 0 heterocycles. The Kier molecular flexibility index (Phi) is 6.70. The molecule has 0 bridgehead atoms. The number of hydrogen-bond donors (Lipinski definition) is 2. The summed E-state index contributed by atoms with van der Waals surface area (Å²) in [5.41, 5.74) is 2.41. The first kappa shape index (κ1) is 18.4. The van der Waals surface area contributed by atoms with Gasteiger partial charge in [-0.3, -0.25) is 9.59 Å². The number of benzene rings is 2. The second-order valence-corrected chi connectivity index (χ2v) is 7.08. The van der Waals surface area contributed by atoms with Crippen LogP contribution in [0.5, 0.6) is 0 Å². The van der Waals surface area contributed by atoms with Crippen molar-refractivity contribution in [2.45, 2.75) is 19.1 Å². The monoisotopic (exact) mass is 362 g/mol. The molecule has 0 saturated carbocycles. The van der Waals surface area contributed by atoms with Crippen LogP contribution in [0, 0.1) is 6.92 Å². The Morgan fingerprint density at radius 3 is 2.58 bits per heavy atom. The lowest BCUT2D eigenvalue weighted by molar-refractivity contribution is -0.115. The molecular formula is C18H19ClN2O2S. The lowest BCUT2D eigenvalue weighted by Crippen LogP contribution is -2.25. The van der Waals surface area contributed by atoms with Gasteiger partial charge >= 0.3 is 0 Å². The summed E-state index contributed by atoms with van der Waals surface area (Å²) in [4.78, 5) is 24.1. The third-order valence-electron chi connectivity index (χ3n) is 3.27. The van der Waals surface area contributed by atoms with Crippen LogP contribution in [0.2, 0.25) is 5.02 Å². The van der Waals surface area contributed by atoms with E-state index in [4.69, 9.17) is 11.6 Å². The van der Waals surface area contributed by atoms with Gasteiger partial charge in [0.15, 0.2) is 0 Å². The topological polar surface area (TPSA) is 58.2 Å². The number of thioether (sulfide) groups is 1. The van der Waals surface area contributed by atoms with E-state index in [0.717, 1.165) is 11.3 Å². The van der Waals surface area contributed by atoms with Crippen molar-refractivity contribution >= 4 is 46.6 Å². The van der Waals surface area contributed by atoms with Gasteiger partial charge < -0.3 is 10.6 Å². The van der Waals surface area contributed by atoms with Crippen molar-refractivity contribution in [1.82, 2.24) is 0 Å². The number of nitrogens with one attached hydrogen (secondary N) is 2. The molecule has 2 N–H and O–H groups in total. The third-order valence-corrected chi connectivity index (χ3v) is 4.74. The number of carbonyl (C=O) groups excluding carboxylic acids is 2. The first-order valence-electron chi connectivity index (χ1n) is 7.49. The zero-order valence-corrected chi connectivity index (χ0v) is 15.1. The van der Waals surface area contributed by atoms with Gasteiger partial charge in [0, 0.05) is 5.69 Å². The van der Waals surface area contributed by atoms with E-state index in [1.54, 1.807) is 31.2 Å². The van der Waals surface area contributed by atoms with E-state index in [0.29, 0.717) is 10.7 Å². The zero-order valence-electron chi connectivity index (χ0n) is 13.5. The summed E-state index contributed by atoms with van der Waals surface area (Å²) in [6.07, 6.45) is 0. The highest BCUT2D eigenvalue weighted by Crippen LogP contribution is 2.22. The van der Waals surface area contributed by atoms with E-state index in [-0.39, 0.29) is 22.8 Å². The molecule has 1 atom stereocenters. The maximum atomic E-state index is 12.2. The number of aryl methyl sites for hydroxylation is 1. The van der Waals surface area contributed by atoms with Crippen LogP contribution in [0.1, 0.15) is 12.5 Å². The van der Waals surface area contributed by atoms with E-state index in [2.05, 4.69) is 10.6 Å². The van der Waals surface area contributed by atoms with Gasteiger partial charge in [-0.1, -0.05) is 35.9 Å². The number of amides is 2. The molecule has 0 fully saturated rings. The average molecular weight is 363 g/mol. The third kappa shape index (κ3) is 5.58. The van der Waals surface area contributed by atoms with Gasteiger partial charge in [0.25, 0.3) is 0 Å². The lowest BCUT2D eigenvalue weighted by atomic mass is 10.2. The number of para-hydroxylation sites is 1. The molecule has 0 unspecified atom stereocenters. The zero-order chi connectivity index (χ0) is 17.5. The first-order chi connectivity index (χ1) is 11.5. The molecular weight excluding hydrogens is 344 g/mol. The Morgan fingerprint density at radius 1 is 1.12 bits per heavy atom.